The lowest BCUT2D eigenvalue weighted by molar-refractivity contribution is -0.118. The van der Waals surface area contributed by atoms with E-state index >= 15 is 0 Å². The molecule has 16 heavy (non-hydrogen) atoms. The van der Waals surface area contributed by atoms with Gasteiger partial charge in [-0.2, -0.15) is 0 Å². The number of carbonyl (C=O) groups is 2. The highest BCUT2D eigenvalue weighted by Gasteiger charge is 2.12. The Kier molecular flexibility index (Phi) is 4.30. The van der Waals surface area contributed by atoms with Gasteiger partial charge in [0.05, 0.1) is 12.0 Å². The standard InChI is InChI=1S/C10H11BrN2O3/c11-8-2-1-6(12)5-7(8)10(15)16-4-3-9(13)14/h1-2,5H,3-4,12H2,(H2,13,14). The molecule has 1 rings (SSSR count). The Morgan fingerprint density at radius 1 is 1.38 bits per heavy atom. The highest BCUT2D eigenvalue weighted by molar-refractivity contribution is 9.10. The van der Waals surface area contributed by atoms with Gasteiger partial charge in [-0.1, -0.05) is 0 Å². The molecule has 0 aromatic heterocycles. The van der Waals surface area contributed by atoms with Crippen molar-refractivity contribution < 1.29 is 14.3 Å². The van der Waals surface area contributed by atoms with Gasteiger partial charge in [-0.3, -0.25) is 4.79 Å². The number of primary amides is 1. The highest BCUT2D eigenvalue weighted by atomic mass is 79.9. The second-order valence-corrected chi connectivity index (χ2v) is 3.95. The summed E-state index contributed by atoms with van der Waals surface area (Å²) in [5.41, 5.74) is 11.2. The molecule has 1 aromatic rings. The zero-order valence-corrected chi connectivity index (χ0v) is 9.99. The van der Waals surface area contributed by atoms with E-state index in [1.54, 1.807) is 12.1 Å². The second-order valence-electron chi connectivity index (χ2n) is 3.09. The molecule has 0 aliphatic carbocycles. The zero-order chi connectivity index (χ0) is 12.1. The summed E-state index contributed by atoms with van der Waals surface area (Å²) >= 11 is 3.20. The molecule has 0 atom stereocenters. The predicted molar refractivity (Wildman–Crippen MR) is 62.6 cm³/mol. The third-order valence-electron chi connectivity index (χ3n) is 1.79. The van der Waals surface area contributed by atoms with E-state index < -0.39 is 11.9 Å². The molecule has 0 saturated carbocycles. The van der Waals surface area contributed by atoms with Crippen LogP contribution in [0.4, 0.5) is 5.69 Å². The molecule has 0 bridgehead atoms. The van der Waals surface area contributed by atoms with Crippen molar-refractivity contribution in [2.45, 2.75) is 6.42 Å². The third-order valence-corrected chi connectivity index (χ3v) is 2.48. The number of benzene rings is 1. The van der Waals surface area contributed by atoms with Gasteiger partial charge in [-0.15, -0.1) is 0 Å². The van der Waals surface area contributed by atoms with Gasteiger partial charge in [0.2, 0.25) is 5.91 Å². The first kappa shape index (κ1) is 12.5. The van der Waals surface area contributed by atoms with Crippen LogP contribution >= 0.6 is 15.9 Å². The monoisotopic (exact) mass is 286 g/mol. The average molecular weight is 287 g/mol. The molecular weight excluding hydrogens is 276 g/mol. The predicted octanol–water partition coefficient (Wildman–Crippen LogP) is 1.06. The van der Waals surface area contributed by atoms with Crippen molar-refractivity contribution in [2.24, 2.45) is 5.73 Å². The van der Waals surface area contributed by atoms with Gasteiger partial charge in [0.25, 0.3) is 0 Å². The second kappa shape index (κ2) is 5.50. The number of halogens is 1. The maximum absolute atomic E-state index is 11.5. The van der Waals surface area contributed by atoms with Crippen molar-refractivity contribution in [2.75, 3.05) is 12.3 Å². The Bertz CT molecular complexity index is 421. The number of anilines is 1. The summed E-state index contributed by atoms with van der Waals surface area (Å²) in [6, 6.07) is 4.81. The van der Waals surface area contributed by atoms with Crippen LogP contribution in [0.5, 0.6) is 0 Å². The Hall–Kier alpha value is -1.56. The van der Waals surface area contributed by atoms with E-state index in [1.807, 2.05) is 0 Å². The topological polar surface area (TPSA) is 95.4 Å². The van der Waals surface area contributed by atoms with Crippen molar-refractivity contribution in [3.8, 4) is 0 Å². The minimum absolute atomic E-state index is 0.00563. The van der Waals surface area contributed by atoms with E-state index in [9.17, 15) is 9.59 Å². The molecule has 0 aliphatic heterocycles. The molecule has 5 nitrogen and oxygen atoms in total. The van der Waals surface area contributed by atoms with Crippen molar-refractivity contribution >= 4 is 33.5 Å². The van der Waals surface area contributed by atoms with Crippen LogP contribution in [0.2, 0.25) is 0 Å². The Labute approximate surface area is 101 Å². The number of nitrogens with two attached hydrogens (primary N) is 2. The minimum atomic E-state index is -0.541. The van der Waals surface area contributed by atoms with Gasteiger partial charge in [0, 0.05) is 10.2 Å². The molecule has 1 aromatic carbocycles. The summed E-state index contributed by atoms with van der Waals surface area (Å²) in [5, 5.41) is 0. The Morgan fingerprint density at radius 2 is 2.06 bits per heavy atom. The van der Waals surface area contributed by atoms with Crippen molar-refractivity contribution in [3.05, 3.63) is 28.2 Å². The van der Waals surface area contributed by atoms with Gasteiger partial charge in [-0.05, 0) is 34.1 Å². The summed E-state index contributed by atoms with van der Waals surface area (Å²) in [7, 11) is 0. The molecule has 0 unspecified atom stereocenters. The van der Waals surface area contributed by atoms with Crippen LogP contribution in [0.3, 0.4) is 0 Å². The lowest BCUT2D eigenvalue weighted by atomic mass is 10.2. The molecule has 0 fully saturated rings. The lowest BCUT2D eigenvalue weighted by Gasteiger charge is -2.06. The first-order chi connectivity index (χ1) is 7.50. The van der Waals surface area contributed by atoms with Gasteiger partial charge in [-0.25, -0.2) is 4.79 Å². The number of hydrogen-bond acceptors (Lipinski definition) is 4. The number of ether oxygens (including phenoxy) is 1. The summed E-state index contributed by atoms with van der Waals surface area (Å²) < 4.78 is 5.44. The Morgan fingerprint density at radius 3 is 2.69 bits per heavy atom. The van der Waals surface area contributed by atoms with Gasteiger partial charge in [0.15, 0.2) is 0 Å². The number of carbonyl (C=O) groups excluding carboxylic acids is 2. The highest BCUT2D eigenvalue weighted by Crippen LogP contribution is 2.20. The van der Waals surface area contributed by atoms with E-state index in [0.29, 0.717) is 15.7 Å². The van der Waals surface area contributed by atoms with Crippen LogP contribution in [0.25, 0.3) is 0 Å². The van der Waals surface area contributed by atoms with Crippen LogP contribution in [0.15, 0.2) is 22.7 Å². The molecule has 1 amide bonds. The molecule has 0 radical (unpaired) electrons. The summed E-state index contributed by atoms with van der Waals surface area (Å²) in [5.74, 6) is -1.06. The third kappa shape index (κ3) is 3.54. The molecule has 0 saturated heterocycles. The fourth-order valence-corrected chi connectivity index (χ4v) is 1.43. The van der Waals surface area contributed by atoms with E-state index in [0.717, 1.165) is 0 Å². The zero-order valence-electron chi connectivity index (χ0n) is 8.40. The largest absolute Gasteiger partial charge is 0.462 e. The maximum atomic E-state index is 11.5. The number of nitrogen functional groups attached to an aromatic ring is 1. The van der Waals surface area contributed by atoms with Crippen molar-refractivity contribution in [3.63, 3.8) is 0 Å². The summed E-state index contributed by atoms with van der Waals surface area (Å²) in [4.78, 5) is 22.0. The molecule has 0 spiro atoms. The summed E-state index contributed by atoms with van der Waals surface area (Å²) in [6.07, 6.45) is 0.00563. The smallest absolute Gasteiger partial charge is 0.339 e. The molecular formula is C10H11BrN2O3. The van der Waals surface area contributed by atoms with Gasteiger partial charge >= 0.3 is 5.97 Å². The van der Waals surface area contributed by atoms with Crippen LogP contribution in [0.1, 0.15) is 16.8 Å². The maximum Gasteiger partial charge on any atom is 0.339 e. The van der Waals surface area contributed by atoms with Crippen LogP contribution in [-0.2, 0) is 9.53 Å². The fourth-order valence-electron chi connectivity index (χ4n) is 1.02. The van der Waals surface area contributed by atoms with Crippen LogP contribution in [-0.4, -0.2) is 18.5 Å². The SMILES string of the molecule is NC(=O)CCOC(=O)c1cc(N)ccc1Br. The molecule has 86 valence electrons. The van der Waals surface area contributed by atoms with E-state index in [2.05, 4.69) is 15.9 Å². The summed E-state index contributed by atoms with van der Waals surface area (Å²) in [6.45, 7) is -0.0323. The normalized spacial score (nSPS) is 9.81. The molecule has 0 heterocycles. The van der Waals surface area contributed by atoms with E-state index in [4.69, 9.17) is 16.2 Å². The van der Waals surface area contributed by atoms with Crippen LogP contribution < -0.4 is 11.5 Å². The number of rotatable bonds is 4. The fraction of sp³-hybridized carbons (Fsp3) is 0.200. The lowest BCUT2D eigenvalue weighted by Crippen LogP contribution is -2.16. The average Bonchev–Trinajstić information content (AvgIpc) is 2.21. The van der Waals surface area contributed by atoms with Crippen molar-refractivity contribution in [1.29, 1.82) is 0 Å². The number of hydrogen-bond donors (Lipinski definition) is 2. The minimum Gasteiger partial charge on any atom is -0.462 e. The first-order valence-corrected chi connectivity index (χ1v) is 5.30. The Balaban J connectivity index is 2.65. The van der Waals surface area contributed by atoms with Crippen LogP contribution in [0, 0.1) is 0 Å². The number of amides is 1. The molecule has 4 N–H and O–H groups in total. The van der Waals surface area contributed by atoms with Crippen molar-refractivity contribution in [1.82, 2.24) is 0 Å². The van der Waals surface area contributed by atoms with E-state index in [-0.39, 0.29) is 13.0 Å². The first-order valence-electron chi connectivity index (χ1n) is 4.51. The van der Waals surface area contributed by atoms with E-state index in [1.165, 1.54) is 6.07 Å². The van der Waals surface area contributed by atoms with Gasteiger partial charge < -0.3 is 16.2 Å². The number of esters is 1. The molecule has 0 aliphatic rings. The quantitative estimate of drug-likeness (QED) is 0.639. The van der Waals surface area contributed by atoms with Gasteiger partial charge in [0.1, 0.15) is 6.61 Å². The molecule has 6 heteroatoms.